The molecule has 0 spiro atoms. The lowest BCUT2D eigenvalue weighted by molar-refractivity contribution is -0.123. The van der Waals surface area contributed by atoms with Crippen LogP contribution in [0.1, 0.15) is 48.5 Å². The lowest BCUT2D eigenvalue weighted by Gasteiger charge is -2.42. The first-order valence-electron chi connectivity index (χ1n) is 14.1. The quantitative estimate of drug-likeness (QED) is 0.200. The number of imide groups is 1. The van der Waals surface area contributed by atoms with E-state index in [0.29, 0.717) is 39.8 Å². The minimum atomic E-state index is -0.695. The fourth-order valence-electron chi connectivity index (χ4n) is 7.40. The number of allylic oxidation sites excluding steroid dienone is 6. The maximum Gasteiger partial charge on any atom is 0.238 e. The lowest BCUT2D eigenvalue weighted by atomic mass is 9.59. The normalized spacial score (nSPS) is 25.2. The van der Waals surface area contributed by atoms with Gasteiger partial charge in [-0.1, -0.05) is 42.0 Å². The molecular weight excluding hydrogens is 530 g/mol. The van der Waals surface area contributed by atoms with E-state index in [9.17, 15) is 29.1 Å². The van der Waals surface area contributed by atoms with E-state index in [0.717, 1.165) is 16.5 Å². The van der Waals surface area contributed by atoms with Gasteiger partial charge in [-0.25, -0.2) is 0 Å². The van der Waals surface area contributed by atoms with Crippen LogP contribution >= 0.6 is 0 Å². The van der Waals surface area contributed by atoms with Gasteiger partial charge in [0.05, 0.1) is 17.5 Å². The largest absolute Gasteiger partial charge is 0.507 e. The summed E-state index contributed by atoms with van der Waals surface area (Å²) in [6.45, 7) is 3.08. The van der Waals surface area contributed by atoms with Crippen molar-refractivity contribution in [3.63, 3.8) is 0 Å². The number of fused-ring (bicyclic) bond motifs is 4. The van der Waals surface area contributed by atoms with Gasteiger partial charge in [-0.05, 0) is 80.0 Å². The molecule has 7 rings (SSSR count). The molecule has 3 aromatic carbocycles. The Labute approximate surface area is 241 Å². The Hall–Kier alpha value is -4.91. The van der Waals surface area contributed by atoms with Crippen molar-refractivity contribution >= 4 is 45.6 Å². The van der Waals surface area contributed by atoms with Gasteiger partial charge in [0.2, 0.25) is 11.8 Å². The van der Waals surface area contributed by atoms with Crippen LogP contribution in [0.4, 0.5) is 5.69 Å². The van der Waals surface area contributed by atoms with Crippen molar-refractivity contribution < 1.29 is 29.1 Å². The number of hydrogen-bond donors (Lipinski definition) is 1. The number of benzene rings is 3. The summed E-state index contributed by atoms with van der Waals surface area (Å²) >= 11 is 0. The van der Waals surface area contributed by atoms with Crippen molar-refractivity contribution in [1.82, 2.24) is 0 Å². The summed E-state index contributed by atoms with van der Waals surface area (Å²) in [5.74, 6) is -3.43. The average molecular weight is 558 g/mol. The highest BCUT2D eigenvalue weighted by Crippen LogP contribution is 2.56. The topological polar surface area (TPSA) is 109 Å². The van der Waals surface area contributed by atoms with Crippen LogP contribution in [0.2, 0.25) is 0 Å². The minimum absolute atomic E-state index is 0.110. The van der Waals surface area contributed by atoms with Gasteiger partial charge in [0, 0.05) is 33.6 Å². The molecule has 1 aliphatic heterocycles. The number of anilines is 1. The first kappa shape index (κ1) is 26.0. The average Bonchev–Trinajstić information content (AvgIpc) is 3.25. The van der Waals surface area contributed by atoms with Crippen LogP contribution in [0.3, 0.4) is 0 Å². The number of carbonyl (C=O) groups is 5. The third-order valence-electron chi connectivity index (χ3n) is 9.34. The molecule has 4 aliphatic rings. The van der Waals surface area contributed by atoms with Crippen molar-refractivity contribution in [1.29, 1.82) is 0 Å². The third kappa shape index (κ3) is 3.62. The van der Waals surface area contributed by atoms with Gasteiger partial charge in [0.15, 0.2) is 17.3 Å². The predicted molar refractivity (Wildman–Crippen MR) is 156 cm³/mol. The fourth-order valence-corrected chi connectivity index (χ4v) is 7.40. The van der Waals surface area contributed by atoms with E-state index in [2.05, 4.69) is 0 Å². The van der Waals surface area contributed by atoms with Crippen LogP contribution in [-0.4, -0.2) is 34.3 Å². The molecule has 0 radical (unpaired) electrons. The summed E-state index contributed by atoms with van der Waals surface area (Å²) in [5.41, 5.74) is 3.69. The molecule has 1 fully saturated rings. The van der Waals surface area contributed by atoms with Crippen LogP contribution < -0.4 is 4.90 Å². The van der Waals surface area contributed by atoms with Gasteiger partial charge in [-0.3, -0.25) is 28.9 Å². The van der Waals surface area contributed by atoms with Crippen LogP contribution in [-0.2, 0) is 19.2 Å². The van der Waals surface area contributed by atoms with E-state index in [1.54, 1.807) is 49.4 Å². The number of aromatic hydroxyl groups is 1. The number of Topliss-reactive ketones (excluding diaryl/α,β-unsaturated/α-hetero) is 2. The summed E-state index contributed by atoms with van der Waals surface area (Å²) in [6.07, 6.45) is 3.90. The molecule has 2 amide bonds. The summed E-state index contributed by atoms with van der Waals surface area (Å²) in [6, 6.07) is 17.2. The maximum absolute atomic E-state index is 14.1. The standard InChI is InChI=1S/C35H27NO6/c1-17-15-29(39)32-27(33(17)40)16-26-24(30(32)23-13-14-28(38)22-6-4-3-5-21(22)23)11-12-25-31(26)35(42)36(34(25)41)20-9-7-19(8-10-20)18(2)37/h3-11,13-15,25-26,30-31,38H,12,16H2,1-2H3. The highest BCUT2D eigenvalue weighted by molar-refractivity contribution is 6.25. The zero-order valence-corrected chi connectivity index (χ0v) is 23.1. The Morgan fingerprint density at radius 1 is 0.881 bits per heavy atom. The molecule has 1 saturated heterocycles. The van der Waals surface area contributed by atoms with Gasteiger partial charge in [0.1, 0.15) is 5.75 Å². The number of amides is 2. The Kier molecular flexibility index (Phi) is 5.77. The first-order chi connectivity index (χ1) is 20.2. The second kappa shape index (κ2) is 9.31. The van der Waals surface area contributed by atoms with E-state index in [1.165, 1.54) is 17.9 Å². The SMILES string of the molecule is CC(=O)c1ccc(N2C(=O)C3CC=C4C(c5ccc(O)c6ccccc56)C5=C(CC4C3C2=O)C(=O)C(C)=CC5=O)cc1. The minimum Gasteiger partial charge on any atom is -0.507 e. The van der Waals surface area contributed by atoms with Crippen molar-refractivity contribution in [2.24, 2.45) is 17.8 Å². The summed E-state index contributed by atoms with van der Waals surface area (Å²) < 4.78 is 0. The molecule has 7 heteroatoms. The molecule has 0 bridgehead atoms. The highest BCUT2D eigenvalue weighted by atomic mass is 16.3. The van der Waals surface area contributed by atoms with Crippen LogP contribution in [0.15, 0.2) is 95.1 Å². The molecule has 7 nitrogen and oxygen atoms in total. The van der Waals surface area contributed by atoms with Crippen molar-refractivity contribution in [2.45, 2.75) is 32.6 Å². The molecule has 3 aromatic rings. The number of hydrogen-bond acceptors (Lipinski definition) is 6. The zero-order valence-electron chi connectivity index (χ0n) is 23.1. The smallest absolute Gasteiger partial charge is 0.238 e. The molecule has 1 heterocycles. The fraction of sp³-hybridized carbons (Fsp3) is 0.229. The molecule has 0 aromatic heterocycles. The molecular formula is C35H27NO6. The molecule has 4 unspecified atom stereocenters. The second-order valence-corrected chi connectivity index (χ2v) is 11.6. The highest BCUT2D eigenvalue weighted by Gasteiger charge is 2.56. The number of phenols is 1. The second-order valence-electron chi connectivity index (χ2n) is 11.6. The monoisotopic (exact) mass is 557 g/mol. The molecule has 0 saturated carbocycles. The summed E-state index contributed by atoms with van der Waals surface area (Å²) in [4.78, 5) is 67.9. The predicted octanol–water partition coefficient (Wildman–Crippen LogP) is 5.38. The van der Waals surface area contributed by atoms with E-state index in [4.69, 9.17) is 0 Å². The number of rotatable bonds is 3. The molecule has 1 N–H and O–H groups in total. The zero-order chi connectivity index (χ0) is 29.4. The van der Waals surface area contributed by atoms with Crippen molar-refractivity contribution in [3.8, 4) is 5.75 Å². The van der Waals surface area contributed by atoms with Gasteiger partial charge in [-0.2, -0.15) is 0 Å². The van der Waals surface area contributed by atoms with Crippen LogP contribution in [0.5, 0.6) is 5.75 Å². The van der Waals surface area contributed by atoms with Crippen LogP contribution in [0, 0.1) is 17.8 Å². The van der Waals surface area contributed by atoms with Gasteiger partial charge >= 0.3 is 0 Å². The first-order valence-corrected chi connectivity index (χ1v) is 14.1. The van der Waals surface area contributed by atoms with E-state index < -0.39 is 23.7 Å². The van der Waals surface area contributed by atoms with E-state index in [1.807, 2.05) is 24.3 Å². The summed E-state index contributed by atoms with van der Waals surface area (Å²) in [7, 11) is 0. The Morgan fingerprint density at radius 2 is 1.60 bits per heavy atom. The third-order valence-corrected chi connectivity index (χ3v) is 9.34. The Bertz CT molecular complexity index is 1870. The number of ketones is 3. The Morgan fingerprint density at radius 3 is 2.31 bits per heavy atom. The molecule has 3 aliphatic carbocycles. The van der Waals surface area contributed by atoms with Crippen LogP contribution in [0.25, 0.3) is 10.8 Å². The number of nitrogens with zero attached hydrogens (tertiary/aromatic N) is 1. The summed E-state index contributed by atoms with van der Waals surface area (Å²) in [5, 5.41) is 12.0. The van der Waals surface area contributed by atoms with Gasteiger partial charge < -0.3 is 5.11 Å². The molecule has 208 valence electrons. The van der Waals surface area contributed by atoms with E-state index >= 15 is 0 Å². The van der Waals surface area contributed by atoms with Crippen molar-refractivity contribution in [3.05, 3.63) is 106 Å². The molecule has 42 heavy (non-hydrogen) atoms. The maximum atomic E-state index is 14.1. The molecule has 4 atom stereocenters. The number of phenolic OH excluding ortho intramolecular Hbond substituents is 1. The van der Waals surface area contributed by atoms with Gasteiger partial charge in [0.25, 0.3) is 0 Å². The number of carbonyl (C=O) groups excluding carboxylic acids is 5. The van der Waals surface area contributed by atoms with Gasteiger partial charge in [-0.15, -0.1) is 0 Å². The van der Waals surface area contributed by atoms with E-state index in [-0.39, 0.29) is 41.3 Å². The lowest BCUT2D eigenvalue weighted by Crippen LogP contribution is -2.39. The van der Waals surface area contributed by atoms with Crippen molar-refractivity contribution in [2.75, 3.05) is 4.90 Å². The Balaban J connectivity index is 1.38.